The van der Waals surface area contributed by atoms with E-state index in [1.165, 1.54) is 11.3 Å². The molecule has 0 fully saturated rings. The second-order valence-electron chi connectivity index (χ2n) is 1.87. The average molecular weight is 195 g/mol. The van der Waals surface area contributed by atoms with Crippen molar-refractivity contribution in [2.75, 3.05) is 0 Å². The lowest BCUT2D eigenvalue weighted by atomic mass is 10.7. The molecule has 7 heteroatoms. The van der Waals surface area contributed by atoms with E-state index in [2.05, 4.69) is 32.8 Å². The molecular formula is C5HN5S2. The summed E-state index contributed by atoms with van der Waals surface area (Å²) in [6, 6.07) is 1.80. The van der Waals surface area contributed by atoms with E-state index in [1.807, 2.05) is 0 Å². The Labute approximate surface area is 76.5 Å². The minimum Gasteiger partial charge on any atom is -0.207 e. The molecule has 2 rings (SSSR count). The maximum Gasteiger partial charge on any atom is 0.254 e. The molecule has 0 spiro atoms. The molecule has 0 saturated heterocycles. The summed E-state index contributed by atoms with van der Waals surface area (Å²) < 4.78 is 0.571. The van der Waals surface area contributed by atoms with Crippen molar-refractivity contribution in [3.63, 3.8) is 0 Å². The number of fused-ring (bicyclic) bond motifs is 1. The van der Waals surface area contributed by atoms with Crippen molar-refractivity contribution in [2.24, 2.45) is 0 Å². The van der Waals surface area contributed by atoms with Crippen LogP contribution < -0.4 is 0 Å². The van der Waals surface area contributed by atoms with Crippen LogP contribution in [0.3, 0.4) is 0 Å². The number of thiol groups is 1. The third-order valence-electron chi connectivity index (χ3n) is 1.13. The molecule has 0 aliphatic rings. The normalized spacial score (nSPS) is 10.0. The van der Waals surface area contributed by atoms with Gasteiger partial charge in [0.2, 0.25) is 5.65 Å². The van der Waals surface area contributed by atoms with Gasteiger partial charge in [0.15, 0.2) is 9.17 Å². The van der Waals surface area contributed by atoms with Gasteiger partial charge in [0.25, 0.3) is 5.82 Å². The van der Waals surface area contributed by atoms with E-state index in [1.54, 1.807) is 6.07 Å². The zero-order valence-corrected chi connectivity index (χ0v) is 7.30. The average Bonchev–Trinajstić information content (AvgIpc) is 2.43. The van der Waals surface area contributed by atoms with Gasteiger partial charge in [-0.3, -0.25) is 0 Å². The minimum absolute atomic E-state index is 0.0551. The molecule has 5 nitrogen and oxygen atoms in total. The molecule has 0 bridgehead atoms. The van der Waals surface area contributed by atoms with E-state index >= 15 is 0 Å². The highest BCUT2D eigenvalue weighted by atomic mass is 32.2. The van der Waals surface area contributed by atoms with E-state index in [0.717, 1.165) is 0 Å². The Morgan fingerprint density at radius 3 is 2.92 bits per heavy atom. The lowest BCUT2D eigenvalue weighted by Gasteiger charge is -1.83. The van der Waals surface area contributed by atoms with Gasteiger partial charge in [-0.1, -0.05) is 11.3 Å². The fourth-order valence-corrected chi connectivity index (χ4v) is 1.66. The number of thiazole rings is 1. The number of aromatic nitrogens is 4. The smallest absolute Gasteiger partial charge is 0.207 e. The number of hydrogen-bond acceptors (Lipinski definition) is 7. The summed E-state index contributed by atoms with van der Waals surface area (Å²) in [6.45, 7) is 0. The molecule has 0 aromatic carbocycles. The molecule has 58 valence electrons. The van der Waals surface area contributed by atoms with Crippen LogP contribution in [0.15, 0.2) is 4.34 Å². The highest BCUT2D eigenvalue weighted by Gasteiger charge is 2.05. The van der Waals surface area contributed by atoms with Gasteiger partial charge in [0.1, 0.15) is 6.07 Å². The van der Waals surface area contributed by atoms with Crippen LogP contribution in [0.25, 0.3) is 10.5 Å². The maximum absolute atomic E-state index is 8.45. The van der Waals surface area contributed by atoms with E-state index in [9.17, 15) is 0 Å². The Morgan fingerprint density at radius 2 is 2.17 bits per heavy atom. The molecule has 0 N–H and O–H groups in total. The van der Waals surface area contributed by atoms with E-state index in [4.69, 9.17) is 5.26 Å². The zero-order chi connectivity index (χ0) is 8.55. The van der Waals surface area contributed by atoms with E-state index in [0.29, 0.717) is 14.8 Å². The predicted molar refractivity (Wildman–Crippen MR) is 45.0 cm³/mol. The molecule has 0 atom stereocenters. The fourth-order valence-electron chi connectivity index (χ4n) is 0.692. The Kier molecular flexibility index (Phi) is 1.64. The third kappa shape index (κ3) is 1.11. The summed E-state index contributed by atoms with van der Waals surface area (Å²) in [4.78, 5) is 8.40. The van der Waals surface area contributed by atoms with Gasteiger partial charge in [-0.2, -0.15) is 5.26 Å². The van der Waals surface area contributed by atoms with Crippen LogP contribution in [0, 0.1) is 11.3 Å². The molecule has 0 radical (unpaired) electrons. The lowest BCUT2D eigenvalue weighted by Crippen LogP contribution is -1.91. The van der Waals surface area contributed by atoms with E-state index in [-0.39, 0.29) is 5.82 Å². The standard InChI is InChI=1S/C5HN5S2/c6-1-2-7-4-3(10-9-2)8-5(11)12-4/h(H,8,10,11). The van der Waals surface area contributed by atoms with Crippen molar-refractivity contribution in [1.29, 1.82) is 5.26 Å². The van der Waals surface area contributed by atoms with E-state index < -0.39 is 0 Å². The highest BCUT2D eigenvalue weighted by Crippen LogP contribution is 2.19. The van der Waals surface area contributed by atoms with Gasteiger partial charge in [-0.25, -0.2) is 9.97 Å². The van der Waals surface area contributed by atoms with Crippen molar-refractivity contribution in [1.82, 2.24) is 20.2 Å². The summed E-state index contributed by atoms with van der Waals surface area (Å²) in [7, 11) is 0. The molecular weight excluding hydrogens is 194 g/mol. The number of rotatable bonds is 0. The zero-order valence-electron chi connectivity index (χ0n) is 5.59. The van der Waals surface area contributed by atoms with Gasteiger partial charge in [0.05, 0.1) is 0 Å². The Morgan fingerprint density at radius 1 is 1.33 bits per heavy atom. The summed E-state index contributed by atoms with van der Waals surface area (Å²) in [6.07, 6.45) is 0. The molecule has 2 heterocycles. The number of nitrogens with zero attached hydrogens (tertiary/aromatic N) is 5. The molecule has 0 saturated carbocycles. The summed E-state index contributed by atoms with van der Waals surface area (Å²) >= 11 is 5.29. The summed E-state index contributed by atoms with van der Waals surface area (Å²) in [5, 5.41) is 15.7. The van der Waals surface area contributed by atoms with Crippen molar-refractivity contribution in [3.05, 3.63) is 5.82 Å². The fraction of sp³-hybridized carbons (Fsp3) is 0. The van der Waals surface area contributed by atoms with Gasteiger partial charge >= 0.3 is 0 Å². The Hall–Kier alpha value is -1.26. The predicted octanol–water partition coefficient (Wildman–Crippen LogP) is 0.642. The molecule has 0 aliphatic heterocycles. The lowest BCUT2D eigenvalue weighted by molar-refractivity contribution is 0.978. The number of hydrogen-bond donors (Lipinski definition) is 1. The van der Waals surface area contributed by atoms with Crippen LogP contribution in [0.2, 0.25) is 0 Å². The highest BCUT2D eigenvalue weighted by molar-refractivity contribution is 7.82. The van der Waals surface area contributed by atoms with Crippen molar-refractivity contribution < 1.29 is 0 Å². The van der Waals surface area contributed by atoms with Crippen LogP contribution in [-0.2, 0) is 0 Å². The largest absolute Gasteiger partial charge is 0.254 e. The minimum atomic E-state index is 0.0551. The monoisotopic (exact) mass is 195 g/mol. The molecule has 12 heavy (non-hydrogen) atoms. The van der Waals surface area contributed by atoms with Gasteiger partial charge < -0.3 is 0 Å². The van der Waals surface area contributed by atoms with Crippen LogP contribution >= 0.6 is 24.0 Å². The quantitative estimate of drug-likeness (QED) is 0.624. The van der Waals surface area contributed by atoms with Gasteiger partial charge in [-0.15, -0.1) is 22.8 Å². The maximum atomic E-state index is 8.45. The third-order valence-corrected chi connectivity index (χ3v) is 2.24. The topological polar surface area (TPSA) is 75.3 Å². The van der Waals surface area contributed by atoms with Crippen molar-refractivity contribution in [2.45, 2.75) is 4.34 Å². The first kappa shape index (κ1) is 7.39. The SMILES string of the molecule is N#Cc1nnc2nc(S)sc2n1. The van der Waals surface area contributed by atoms with Crippen LogP contribution in [0.4, 0.5) is 0 Å². The molecule has 2 aromatic rings. The Bertz CT molecular complexity index is 470. The summed E-state index contributed by atoms with van der Waals surface area (Å²) in [5.41, 5.74) is 0.434. The number of nitriles is 1. The molecule has 0 amide bonds. The molecule has 2 aromatic heterocycles. The molecule has 0 unspecified atom stereocenters. The second kappa shape index (κ2) is 2.66. The van der Waals surface area contributed by atoms with Crippen LogP contribution in [0.1, 0.15) is 5.82 Å². The first-order valence-corrected chi connectivity index (χ1v) is 4.16. The van der Waals surface area contributed by atoms with Crippen molar-refractivity contribution >= 4 is 34.4 Å². The van der Waals surface area contributed by atoms with Gasteiger partial charge in [-0.05, 0) is 0 Å². The second-order valence-corrected chi connectivity index (χ2v) is 3.58. The summed E-state index contributed by atoms with van der Waals surface area (Å²) in [5.74, 6) is 0.0551. The van der Waals surface area contributed by atoms with Crippen LogP contribution in [0.5, 0.6) is 0 Å². The van der Waals surface area contributed by atoms with Crippen LogP contribution in [-0.4, -0.2) is 20.2 Å². The first-order chi connectivity index (χ1) is 5.79. The van der Waals surface area contributed by atoms with Crippen molar-refractivity contribution in [3.8, 4) is 6.07 Å². The Balaban J connectivity index is 2.77. The van der Waals surface area contributed by atoms with Gasteiger partial charge in [0, 0.05) is 0 Å². The first-order valence-electron chi connectivity index (χ1n) is 2.90. The molecule has 0 aliphatic carbocycles.